The predicted octanol–water partition coefficient (Wildman–Crippen LogP) is 5.54. The number of benzene rings is 2. The van der Waals surface area contributed by atoms with Crippen LogP contribution in [0.25, 0.3) is 0 Å². The maximum atomic E-state index is 6.04. The van der Waals surface area contributed by atoms with Crippen LogP contribution in [0.1, 0.15) is 30.4 Å². The molecule has 0 saturated heterocycles. The highest BCUT2D eigenvalue weighted by Crippen LogP contribution is 2.30. The van der Waals surface area contributed by atoms with Gasteiger partial charge in [-0.15, -0.1) is 0 Å². The molecule has 2 heteroatoms. The third-order valence-corrected chi connectivity index (χ3v) is 3.38. The summed E-state index contributed by atoms with van der Waals surface area (Å²) in [5.41, 5.74) is 2.48. The Morgan fingerprint density at radius 2 is 1.35 bits per heavy atom. The highest BCUT2D eigenvalue weighted by atomic mass is 35.5. The van der Waals surface area contributed by atoms with E-state index in [0.29, 0.717) is 5.92 Å². The van der Waals surface area contributed by atoms with Crippen LogP contribution in [0.15, 0.2) is 48.5 Å². The molecule has 0 heterocycles. The third-order valence-electron chi connectivity index (χ3n) is 2.91. The van der Waals surface area contributed by atoms with Gasteiger partial charge < -0.3 is 0 Å². The molecule has 0 aliphatic carbocycles. The molecule has 0 aromatic heterocycles. The van der Waals surface area contributed by atoms with Crippen molar-refractivity contribution in [2.75, 3.05) is 0 Å². The molecular formula is C15H14Cl2. The molecule has 0 amide bonds. The lowest BCUT2D eigenvalue weighted by Gasteiger charge is -2.16. The molecule has 0 bridgehead atoms. The van der Waals surface area contributed by atoms with Crippen molar-refractivity contribution in [3.63, 3.8) is 0 Å². The fourth-order valence-electron chi connectivity index (χ4n) is 2.11. The van der Waals surface area contributed by atoms with Crippen molar-refractivity contribution in [3.05, 3.63) is 69.7 Å². The molecule has 2 aromatic carbocycles. The van der Waals surface area contributed by atoms with Gasteiger partial charge in [-0.25, -0.2) is 0 Å². The normalized spacial score (nSPS) is 10.8. The molecule has 0 nitrogen and oxygen atoms in total. The topological polar surface area (TPSA) is 0 Å². The summed E-state index contributed by atoms with van der Waals surface area (Å²) >= 11 is 12.1. The maximum absolute atomic E-state index is 6.04. The van der Waals surface area contributed by atoms with Gasteiger partial charge >= 0.3 is 0 Å². The van der Waals surface area contributed by atoms with Crippen molar-refractivity contribution in [1.29, 1.82) is 0 Å². The van der Waals surface area contributed by atoms with E-state index in [1.54, 1.807) is 0 Å². The largest absolute Gasteiger partial charge is 0.0843 e. The number of halogens is 2. The van der Waals surface area contributed by atoms with E-state index in [1.807, 2.05) is 36.4 Å². The van der Waals surface area contributed by atoms with Crippen molar-refractivity contribution >= 4 is 23.2 Å². The van der Waals surface area contributed by atoms with Crippen molar-refractivity contribution in [1.82, 2.24) is 0 Å². The van der Waals surface area contributed by atoms with E-state index in [2.05, 4.69) is 19.1 Å². The molecule has 0 atom stereocenters. The molecule has 17 heavy (non-hydrogen) atoms. The smallest absolute Gasteiger partial charge is 0.0408 e. The zero-order valence-electron chi connectivity index (χ0n) is 9.66. The number of rotatable bonds is 3. The van der Waals surface area contributed by atoms with Gasteiger partial charge in [0, 0.05) is 16.0 Å². The quantitative estimate of drug-likeness (QED) is 0.683. The zero-order valence-corrected chi connectivity index (χ0v) is 11.2. The first kappa shape index (κ1) is 12.5. The standard InChI is InChI=1S/C15H14Cl2/c1-2-15(11-5-3-7-13(16)9-11)12-6-4-8-14(17)10-12/h3-10,15H,2H2,1H3. The second-order valence-electron chi connectivity index (χ2n) is 4.07. The molecule has 0 aliphatic rings. The average molecular weight is 265 g/mol. The Morgan fingerprint density at radius 3 is 1.71 bits per heavy atom. The van der Waals surface area contributed by atoms with E-state index in [1.165, 1.54) is 11.1 Å². The minimum Gasteiger partial charge on any atom is -0.0843 e. The van der Waals surface area contributed by atoms with E-state index in [-0.39, 0.29) is 0 Å². The number of hydrogen-bond donors (Lipinski definition) is 0. The lowest BCUT2D eigenvalue weighted by Crippen LogP contribution is -1.99. The van der Waals surface area contributed by atoms with Crippen LogP contribution in [0.5, 0.6) is 0 Å². The Kier molecular flexibility index (Phi) is 4.09. The fraction of sp³-hybridized carbons (Fsp3) is 0.200. The lowest BCUT2D eigenvalue weighted by atomic mass is 9.89. The van der Waals surface area contributed by atoms with E-state index < -0.39 is 0 Å². The van der Waals surface area contributed by atoms with Crippen LogP contribution < -0.4 is 0 Å². The van der Waals surface area contributed by atoms with Gasteiger partial charge in [-0.1, -0.05) is 54.4 Å². The highest BCUT2D eigenvalue weighted by Gasteiger charge is 2.12. The van der Waals surface area contributed by atoms with Gasteiger partial charge in [-0.2, -0.15) is 0 Å². The second kappa shape index (κ2) is 5.57. The Balaban J connectivity index is 2.40. The van der Waals surface area contributed by atoms with Crippen LogP contribution in [-0.4, -0.2) is 0 Å². The molecule has 0 aliphatic heterocycles. The van der Waals surface area contributed by atoms with Crippen LogP contribution in [0, 0.1) is 0 Å². The van der Waals surface area contributed by atoms with Crippen LogP contribution >= 0.6 is 23.2 Å². The van der Waals surface area contributed by atoms with Crippen LogP contribution in [0.3, 0.4) is 0 Å². The molecule has 0 N–H and O–H groups in total. The monoisotopic (exact) mass is 264 g/mol. The summed E-state index contributed by atoms with van der Waals surface area (Å²) in [5.74, 6) is 0.354. The van der Waals surface area contributed by atoms with Crippen LogP contribution in [0.2, 0.25) is 10.0 Å². The molecule has 2 aromatic rings. The summed E-state index contributed by atoms with van der Waals surface area (Å²) in [7, 11) is 0. The minimum absolute atomic E-state index is 0.354. The Hall–Kier alpha value is -0.980. The van der Waals surface area contributed by atoms with E-state index >= 15 is 0 Å². The molecule has 0 spiro atoms. The molecule has 2 rings (SSSR count). The first-order chi connectivity index (χ1) is 8.20. The second-order valence-corrected chi connectivity index (χ2v) is 4.94. The van der Waals surface area contributed by atoms with E-state index in [4.69, 9.17) is 23.2 Å². The van der Waals surface area contributed by atoms with Crippen molar-refractivity contribution in [3.8, 4) is 0 Å². The summed E-state index contributed by atoms with van der Waals surface area (Å²) in [6, 6.07) is 16.1. The average Bonchev–Trinajstić information content (AvgIpc) is 2.30. The minimum atomic E-state index is 0.354. The molecule has 0 fully saturated rings. The predicted molar refractivity (Wildman–Crippen MR) is 75.0 cm³/mol. The lowest BCUT2D eigenvalue weighted by molar-refractivity contribution is 0.777. The first-order valence-electron chi connectivity index (χ1n) is 5.71. The zero-order chi connectivity index (χ0) is 12.3. The first-order valence-corrected chi connectivity index (χ1v) is 6.47. The molecule has 88 valence electrons. The summed E-state index contributed by atoms with van der Waals surface area (Å²) in [5, 5.41) is 1.56. The molecular weight excluding hydrogens is 251 g/mol. The van der Waals surface area contributed by atoms with Gasteiger partial charge in [-0.3, -0.25) is 0 Å². The molecule has 0 radical (unpaired) electrons. The summed E-state index contributed by atoms with van der Waals surface area (Å²) in [4.78, 5) is 0. The Labute approximate surface area is 112 Å². The fourth-order valence-corrected chi connectivity index (χ4v) is 2.51. The van der Waals surface area contributed by atoms with Crippen molar-refractivity contribution in [2.45, 2.75) is 19.3 Å². The van der Waals surface area contributed by atoms with Gasteiger partial charge in [0.05, 0.1) is 0 Å². The summed E-state index contributed by atoms with van der Waals surface area (Å²) in [6.07, 6.45) is 1.03. The Morgan fingerprint density at radius 1 is 0.882 bits per heavy atom. The molecule has 0 unspecified atom stereocenters. The van der Waals surface area contributed by atoms with Gasteiger partial charge in [0.1, 0.15) is 0 Å². The maximum Gasteiger partial charge on any atom is 0.0408 e. The van der Waals surface area contributed by atoms with Gasteiger partial charge in [0.15, 0.2) is 0 Å². The molecule has 0 saturated carbocycles. The van der Waals surface area contributed by atoms with Gasteiger partial charge in [0.25, 0.3) is 0 Å². The summed E-state index contributed by atoms with van der Waals surface area (Å²) in [6.45, 7) is 2.17. The van der Waals surface area contributed by atoms with Gasteiger partial charge in [0.2, 0.25) is 0 Å². The van der Waals surface area contributed by atoms with Crippen LogP contribution in [0.4, 0.5) is 0 Å². The van der Waals surface area contributed by atoms with Crippen molar-refractivity contribution in [2.24, 2.45) is 0 Å². The summed E-state index contributed by atoms with van der Waals surface area (Å²) < 4.78 is 0. The van der Waals surface area contributed by atoms with E-state index in [9.17, 15) is 0 Å². The Bertz CT molecular complexity index is 460. The van der Waals surface area contributed by atoms with Gasteiger partial charge in [-0.05, 0) is 41.8 Å². The SMILES string of the molecule is CCC(c1cccc(Cl)c1)c1cccc(Cl)c1. The highest BCUT2D eigenvalue weighted by molar-refractivity contribution is 6.31. The van der Waals surface area contributed by atoms with Crippen LogP contribution in [-0.2, 0) is 0 Å². The van der Waals surface area contributed by atoms with E-state index in [0.717, 1.165) is 16.5 Å². The number of hydrogen-bond acceptors (Lipinski definition) is 0. The van der Waals surface area contributed by atoms with Crippen molar-refractivity contribution < 1.29 is 0 Å². The third kappa shape index (κ3) is 3.02.